The smallest absolute Gasteiger partial charge is 0.339 e. The van der Waals surface area contributed by atoms with Crippen LogP contribution in [0.4, 0.5) is 0 Å². The molecule has 29 heavy (non-hydrogen) atoms. The summed E-state index contributed by atoms with van der Waals surface area (Å²) in [5, 5.41) is 0. The van der Waals surface area contributed by atoms with E-state index in [1.165, 1.54) is 5.57 Å². The van der Waals surface area contributed by atoms with E-state index in [0.29, 0.717) is 29.1 Å². The number of esters is 1. The highest BCUT2D eigenvalue weighted by molar-refractivity contribution is 5.89. The first-order chi connectivity index (χ1) is 13.9. The summed E-state index contributed by atoms with van der Waals surface area (Å²) < 4.78 is 5.84. The minimum Gasteiger partial charge on any atom is -0.458 e. The summed E-state index contributed by atoms with van der Waals surface area (Å²) in [4.78, 5) is 29.0. The lowest BCUT2D eigenvalue weighted by Crippen LogP contribution is -2.50. The van der Waals surface area contributed by atoms with Gasteiger partial charge in [-0.05, 0) is 73.8 Å². The van der Waals surface area contributed by atoms with Crippen LogP contribution in [0.2, 0.25) is 0 Å². The maximum absolute atomic E-state index is 12.6. The summed E-state index contributed by atoms with van der Waals surface area (Å²) in [6.45, 7) is 4.67. The molecular weight excluding hydrogens is 362 g/mol. The zero-order valence-electron chi connectivity index (χ0n) is 17.5. The van der Waals surface area contributed by atoms with Crippen LogP contribution in [-0.2, 0) is 9.53 Å². The van der Waals surface area contributed by atoms with Crippen LogP contribution in [0.25, 0.3) is 0 Å². The summed E-state index contributed by atoms with van der Waals surface area (Å²) >= 11 is 0. The predicted octanol–water partition coefficient (Wildman–Crippen LogP) is 5.14. The molecule has 4 aliphatic carbocycles. The molecule has 1 aromatic rings. The zero-order valence-corrected chi connectivity index (χ0v) is 17.5. The van der Waals surface area contributed by atoms with Crippen molar-refractivity contribution < 1.29 is 14.3 Å². The Morgan fingerprint density at radius 3 is 2.72 bits per heavy atom. The lowest BCUT2D eigenvalue weighted by molar-refractivity contribution is -0.132. The summed E-state index contributed by atoms with van der Waals surface area (Å²) in [5.41, 5.74) is 2.14. The Kier molecular flexibility index (Phi) is 4.45. The normalized spacial score (nSPS) is 41.0. The SMILES string of the molecule is C[C@]12CC[C@H](OC(=O)c3cccnc3)CC1=CCC1C2CC[C@]2(C)C(=O)CCC12. The molecule has 154 valence electrons. The van der Waals surface area contributed by atoms with E-state index in [1.54, 1.807) is 24.5 Å². The molecule has 0 saturated heterocycles. The second-order valence-electron chi connectivity index (χ2n) is 10.2. The van der Waals surface area contributed by atoms with Gasteiger partial charge in [-0.2, -0.15) is 0 Å². The van der Waals surface area contributed by atoms with Crippen molar-refractivity contribution in [1.82, 2.24) is 4.98 Å². The van der Waals surface area contributed by atoms with Gasteiger partial charge in [0.2, 0.25) is 0 Å². The Balaban J connectivity index is 1.33. The van der Waals surface area contributed by atoms with Gasteiger partial charge in [-0.1, -0.05) is 25.5 Å². The van der Waals surface area contributed by atoms with Crippen LogP contribution >= 0.6 is 0 Å². The summed E-state index contributed by atoms with van der Waals surface area (Å²) in [7, 11) is 0. The number of ketones is 1. The van der Waals surface area contributed by atoms with E-state index in [0.717, 1.165) is 51.4 Å². The van der Waals surface area contributed by atoms with Crippen molar-refractivity contribution in [2.75, 3.05) is 0 Å². The molecule has 3 saturated carbocycles. The number of fused-ring (bicyclic) bond motifs is 5. The molecule has 1 heterocycles. The lowest BCUT2D eigenvalue weighted by atomic mass is 9.48. The third-order valence-electron chi connectivity index (χ3n) is 8.94. The highest BCUT2D eigenvalue weighted by Crippen LogP contribution is 2.64. The standard InChI is InChI=1S/C25H31NO3/c1-24-11-9-18(29-23(28)16-4-3-13-26-15-16)14-17(24)5-6-19-20-7-8-22(27)25(20,2)12-10-21(19)24/h3-5,13,15,18-21H,6-12,14H2,1-2H3/t18-,19?,20?,21?,24-,25-/m0/s1. The van der Waals surface area contributed by atoms with Gasteiger partial charge in [0.15, 0.2) is 0 Å². The number of carbonyl (C=O) groups is 2. The van der Waals surface area contributed by atoms with Crippen molar-refractivity contribution in [1.29, 1.82) is 0 Å². The first kappa shape index (κ1) is 19.0. The average Bonchev–Trinajstić information content (AvgIpc) is 3.03. The molecule has 4 aliphatic rings. The first-order valence-electron chi connectivity index (χ1n) is 11.3. The van der Waals surface area contributed by atoms with Crippen molar-refractivity contribution in [3.63, 3.8) is 0 Å². The maximum Gasteiger partial charge on any atom is 0.339 e. The number of allylic oxidation sites excluding steroid dienone is 1. The number of pyridine rings is 1. The van der Waals surface area contributed by atoms with E-state index < -0.39 is 0 Å². The molecule has 4 nitrogen and oxygen atoms in total. The van der Waals surface area contributed by atoms with Gasteiger partial charge in [0.25, 0.3) is 0 Å². The van der Waals surface area contributed by atoms with Gasteiger partial charge in [-0.25, -0.2) is 4.79 Å². The Morgan fingerprint density at radius 1 is 1.14 bits per heavy atom. The van der Waals surface area contributed by atoms with E-state index >= 15 is 0 Å². The van der Waals surface area contributed by atoms with Crippen LogP contribution in [0, 0.1) is 28.6 Å². The molecule has 1 aromatic heterocycles. The second kappa shape index (κ2) is 6.78. The lowest BCUT2D eigenvalue weighted by Gasteiger charge is -2.56. The van der Waals surface area contributed by atoms with E-state index in [2.05, 4.69) is 24.9 Å². The third-order valence-corrected chi connectivity index (χ3v) is 8.94. The Labute approximate surface area is 173 Å². The van der Waals surface area contributed by atoms with E-state index in [9.17, 15) is 9.59 Å². The van der Waals surface area contributed by atoms with Gasteiger partial charge in [0, 0.05) is 30.7 Å². The fraction of sp³-hybridized carbons (Fsp3) is 0.640. The molecule has 0 spiro atoms. The van der Waals surface area contributed by atoms with Gasteiger partial charge in [0.1, 0.15) is 11.9 Å². The van der Waals surface area contributed by atoms with Crippen LogP contribution in [0.5, 0.6) is 0 Å². The van der Waals surface area contributed by atoms with E-state index in [1.807, 2.05) is 0 Å². The van der Waals surface area contributed by atoms with Gasteiger partial charge < -0.3 is 4.74 Å². The molecular formula is C25H31NO3. The molecule has 0 aromatic carbocycles. The quantitative estimate of drug-likeness (QED) is 0.516. The topological polar surface area (TPSA) is 56.3 Å². The van der Waals surface area contributed by atoms with E-state index in [4.69, 9.17) is 4.74 Å². The molecule has 4 heteroatoms. The van der Waals surface area contributed by atoms with Crippen LogP contribution in [0.15, 0.2) is 36.2 Å². The zero-order chi connectivity index (χ0) is 20.2. The van der Waals surface area contributed by atoms with Crippen molar-refractivity contribution in [2.45, 2.75) is 71.3 Å². The summed E-state index contributed by atoms with van der Waals surface area (Å²) in [5.74, 6) is 2.11. The highest BCUT2D eigenvalue weighted by atomic mass is 16.5. The summed E-state index contributed by atoms with van der Waals surface area (Å²) in [6, 6.07) is 3.53. The van der Waals surface area contributed by atoms with Crippen molar-refractivity contribution in [2.24, 2.45) is 28.6 Å². The van der Waals surface area contributed by atoms with Crippen molar-refractivity contribution >= 4 is 11.8 Å². The minimum absolute atomic E-state index is 0.0412. The fourth-order valence-corrected chi connectivity index (χ4v) is 7.20. The molecule has 3 fully saturated rings. The molecule has 0 amide bonds. The number of carbonyl (C=O) groups excluding carboxylic acids is 2. The number of ether oxygens (including phenoxy) is 1. The van der Waals surface area contributed by atoms with Gasteiger partial charge >= 0.3 is 5.97 Å². The molecule has 0 radical (unpaired) electrons. The molecule has 0 N–H and O–H groups in total. The Bertz CT molecular complexity index is 862. The van der Waals surface area contributed by atoms with Gasteiger partial charge in [-0.3, -0.25) is 9.78 Å². The van der Waals surface area contributed by atoms with Crippen molar-refractivity contribution in [3.05, 3.63) is 41.7 Å². The summed E-state index contributed by atoms with van der Waals surface area (Å²) in [6.07, 6.45) is 13.7. The number of hydrogen-bond acceptors (Lipinski definition) is 4. The average molecular weight is 394 g/mol. The largest absolute Gasteiger partial charge is 0.458 e. The number of rotatable bonds is 2. The molecule has 6 atom stereocenters. The Morgan fingerprint density at radius 2 is 1.93 bits per heavy atom. The monoisotopic (exact) mass is 393 g/mol. The van der Waals surface area contributed by atoms with Crippen LogP contribution < -0.4 is 0 Å². The highest BCUT2D eigenvalue weighted by Gasteiger charge is 2.58. The third kappa shape index (κ3) is 2.90. The second-order valence-corrected chi connectivity index (χ2v) is 10.2. The molecule has 3 unspecified atom stereocenters. The number of nitrogens with zero attached hydrogens (tertiary/aromatic N) is 1. The maximum atomic E-state index is 12.6. The fourth-order valence-electron chi connectivity index (χ4n) is 7.20. The molecule has 0 bridgehead atoms. The van der Waals surface area contributed by atoms with Crippen LogP contribution in [-0.4, -0.2) is 22.8 Å². The van der Waals surface area contributed by atoms with Crippen molar-refractivity contribution in [3.8, 4) is 0 Å². The molecule has 5 rings (SSSR count). The van der Waals surface area contributed by atoms with Crippen LogP contribution in [0.1, 0.15) is 75.6 Å². The number of hydrogen-bond donors (Lipinski definition) is 0. The first-order valence-corrected chi connectivity index (χ1v) is 11.3. The Hall–Kier alpha value is -1.97. The number of aromatic nitrogens is 1. The van der Waals surface area contributed by atoms with E-state index in [-0.39, 0.29) is 22.9 Å². The van der Waals surface area contributed by atoms with Gasteiger partial charge in [0.05, 0.1) is 5.56 Å². The van der Waals surface area contributed by atoms with Gasteiger partial charge in [-0.15, -0.1) is 0 Å². The predicted molar refractivity (Wildman–Crippen MR) is 110 cm³/mol. The number of Topliss-reactive ketones (excluding diaryl/α,β-unsaturated/α-hetero) is 1. The van der Waals surface area contributed by atoms with Crippen LogP contribution in [0.3, 0.4) is 0 Å². The minimum atomic E-state index is -0.265. The molecule has 0 aliphatic heterocycles.